The van der Waals surface area contributed by atoms with Crippen molar-refractivity contribution in [1.82, 2.24) is 14.1 Å². The molecular formula is C21H13ClFN3O. The Kier molecular flexibility index (Phi) is 3.36. The zero-order chi connectivity index (χ0) is 18.7. The molecule has 0 spiro atoms. The highest BCUT2D eigenvalue weighted by Crippen LogP contribution is 2.31. The Labute approximate surface area is 158 Å². The molecule has 0 fully saturated rings. The number of halogens is 2. The summed E-state index contributed by atoms with van der Waals surface area (Å²) >= 11 is 6.07. The summed E-state index contributed by atoms with van der Waals surface area (Å²) in [5.74, 6) is -0.533. The second-order valence-corrected chi connectivity index (χ2v) is 6.88. The maximum Gasteiger partial charge on any atom is 0.283 e. The molecule has 3 aromatic carbocycles. The molecule has 4 nitrogen and oxygen atoms in total. The number of pyridine rings is 1. The Bertz CT molecular complexity index is 1430. The molecule has 0 bridgehead atoms. The summed E-state index contributed by atoms with van der Waals surface area (Å²) in [5.41, 5.74) is 1.86. The zero-order valence-electron chi connectivity index (χ0n) is 14.3. The van der Waals surface area contributed by atoms with Crippen molar-refractivity contribution < 1.29 is 4.39 Å². The summed E-state index contributed by atoms with van der Waals surface area (Å²) in [6, 6.07) is 16.4. The van der Waals surface area contributed by atoms with Gasteiger partial charge in [0.25, 0.3) is 5.56 Å². The van der Waals surface area contributed by atoms with Gasteiger partial charge in [-0.3, -0.25) is 9.36 Å². The Hall–Kier alpha value is -3.18. The van der Waals surface area contributed by atoms with Crippen LogP contribution in [0.4, 0.5) is 4.39 Å². The van der Waals surface area contributed by atoms with E-state index in [9.17, 15) is 9.18 Å². The molecule has 0 amide bonds. The van der Waals surface area contributed by atoms with E-state index in [0.29, 0.717) is 27.6 Å². The number of aryl methyl sites for hydroxylation is 1. The number of hydrogen-bond acceptors (Lipinski definition) is 2. The lowest BCUT2D eigenvalue weighted by Crippen LogP contribution is -2.20. The van der Waals surface area contributed by atoms with Gasteiger partial charge in [0.2, 0.25) is 0 Å². The monoisotopic (exact) mass is 377 g/mol. The van der Waals surface area contributed by atoms with Crippen molar-refractivity contribution >= 4 is 44.3 Å². The van der Waals surface area contributed by atoms with Crippen molar-refractivity contribution in [3.8, 4) is 5.69 Å². The molecule has 5 aromatic rings. The van der Waals surface area contributed by atoms with Gasteiger partial charge >= 0.3 is 0 Å². The minimum atomic E-state index is -0.533. The normalized spacial score (nSPS) is 11.7. The Morgan fingerprint density at radius 3 is 2.67 bits per heavy atom. The number of hydrogen-bond donors (Lipinski definition) is 0. The molecule has 0 radical (unpaired) electrons. The number of nitrogens with zero attached hydrogens (tertiary/aromatic N) is 3. The minimum Gasteiger partial charge on any atom is -0.333 e. The summed E-state index contributed by atoms with van der Waals surface area (Å²) in [5, 5.41) is 2.47. The van der Waals surface area contributed by atoms with Crippen LogP contribution in [0.15, 0.2) is 65.7 Å². The molecule has 0 aliphatic rings. The summed E-state index contributed by atoms with van der Waals surface area (Å²) in [7, 11) is 1.78. The van der Waals surface area contributed by atoms with Crippen LogP contribution in [0.5, 0.6) is 0 Å². The SMILES string of the molecule is Cn1cnc2c(=O)n(-c3cccc4ccccc34)c3cc(Cl)c(F)cc3c21. The van der Waals surface area contributed by atoms with E-state index >= 15 is 0 Å². The van der Waals surface area contributed by atoms with Gasteiger partial charge in [-0.05, 0) is 23.6 Å². The second kappa shape index (κ2) is 5.66. The Morgan fingerprint density at radius 2 is 1.81 bits per heavy atom. The van der Waals surface area contributed by atoms with Gasteiger partial charge < -0.3 is 4.57 Å². The molecule has 0 aliphatic heterocycles. The summed E-state index contributed by atoms with van der Waals surface area (Å²) in [6.45, 7) is 0. The first kappa shape index (κ1) is 16.0. The van der Waals surface area contributed by atoms with Crippen molar-refractivity contribution in [2.24, 2.45) is 7.05 Å². The molecule has 5 rings (SSSR count). The maximum atomic E-state index is 14.3. The molecule has 0 unspecified atom stereocenters. The van der Waals surface area contributed by atoms with Crippen LogP contribution in [0.2, 0.25) is 5.02 Å². The van der Waals surface area contributed by atoms with Crippen LogP contribution < -0.4 is 5.56 Å². The third kappa shape index (κ3) is 2.22. The molecule has 6 heteroatoms. The average molecular weight is 378 g/mol. The maximum absolute atomic E-state index is 14.3. The van der Waals surface area contributed by atoms with Crippen LogP contribution in [0.1, 0.15) is 0 Å². The lowest BCUT2D eigenvalue weighted by atomic mass is 10.1. The lowest BCUT2D eigenvalue weighted by Gasteiger charge is -2.15. The molecule has 0 N–H and O–H groups in total. The molecule has 0 saturated heterocycles. The van der Waals surface area contributed by atoms with Crippen molar-refractivity contribution in [2.45, 2.75) is 0 Å². The third-order valence-electron chi connectivity index (χ3n) is 4.88. The van der Waals surface area contributed by atoms with Gasteiger partial charge in [0.1, 0.15) is 5.82 Å². The van der Waals surface area contributed by atoms with Crippen LogP contribution in [0.25, 0.3) is 38.4 Å². The van der Waals surface area contributed by atoms with E-state index in [0.717, 1.165) is 10.8 Å². The summed E-state index contributed by atoms with van der Waals surface area (Å²) in [6.07, 6.45) is 1.56. The molecule has 0 aliphatic carbocycles. The zero-order valence-corrected chi connectivity index (χ0v) is 15.0. The fraction of sp³-hybridized carbons (Fsp3) is 0.0476. The number of fused-ring (bicyclic) bond motifs is 4. The topological polar surface area (TPSA) is 39.8 Å². The quantitative estimate of drug-likeness (QED) is 0.420. The Balaban J connectivity index is 2.07. The molecule has 132 valence electrons. The van der Waals surface area contributed by atoms with Crippen LogP contribution >= 0.6 is 11.6 Å². The second-order valence-electron chi connectivity index (χ2n) is 6.47. The predicted molar refractivity (Wildman–Crippen MR) is 106 cm³/mol. The molecule has 0 saturated carbocycles. The fourth-order valence-corrected chi connectivity index (χ4v) is 3.83. The van der Waals surface area contributed by atoms with E-state index < -0.39 is 5.82 Å². The van der Waals surface area contributed by atoms with E-state index in [1.54, 1.807) is 22.5 Å². The minimum absolute atomic E-state index is 0.0302. The van der Waals surface area contributed by atoms with Crippen LogP contribution in [-0.4, -0.2) is 14.1 Å². The predicted octanol–water partition coefficient (Wildman–Crippen LogP) is 4.82. The third-order valence-corrected chi connectivity index (χ3v) is 5.17. The first-order chi connectivity index (χ1) is 13.1. The van der Waals surface area contributed by atoms with E-state index in [4.69, 9.17) is 11.6 Å². The van der Waals surface area contributed by atoms with Gasteiger partial charge in [-0.1, -0.05) is 48.0 Å². The van der Waals surface area contributed by atoms with Gasteiger partial charge in [-0.25, -0.2) is 9.37 Å². The molecule has 27 heavy (non-hydrogen) atoms. The van der Waals surface area contributed by atoms with Crippen LogP contribution in [-0.2, 0) is 7.05 Å². The van der Waals surface area contributed by atoms with Crippen molar-refractivity contribution in [3.63, 3.8) is 0 Å². The van der Waals surface area contributed by atoms with Crippen molar-refractivity contribution in [2.75, 3.05) is 0 Å². The van der Waals surface area contributed by atoms with E-state index in [2.05, 4.69) is 4.98 Å². The Morgan fingerprint density at radius 1 is 1.04 bits per heavy atom. The van der Waals surface area contributed by atoms with Crippen LogP contribution in [0, 0.1) is 5.82 Å². The van der Waals surface area contributed by atoms with Gasteiger partial charge in [-0.2, -0.15) is 0 Å². The number of aromatic nitrogens is 3. The van der Waals surface area contributed by atoms with Gasteiger partial charge in [0.15, 0.2) is 5.52 Å². The molecule has 0 atom stereocenters. The molecular weight excluding hydrogens is 365 g/mol. The number of benzene rings is 3. The number of rotatable bonds is 1. The van der Waals surface area contributed by atoms with Gasteiger partial charge in [0.05, 0.1) is 28.1 Å². The van der Waals surface area contributed by atoms with Gasteiger partial charge in [0, 0.05) is 17.8 Å². The van der Waals surface area contributed by atoms with Crippen LogP contribution in [0.3, 0.4) is 0 Å². The van der Waals surface area contributed by atoms with E-state index in [-0.39, 0.29) is 10.6 Å². The summed E-state index contributed by atoms with van der Waals surface area (Å²) in [4.78, 5) is 17.6. The molecule has 2 heterocycles. The standard InChI is InChI=1S/C21H13ClFN3O/c1-25-11-24-19-20(25)14-9-16(23)15(22)10-18(14)26(21(19)27)17-8-4-6-12-5-2-3-7-13(12)17/h2-11H,1H3. The fourth-order valence-electron chi connectivity index (χ4n) is 3.67. The molecule has 2 aromatic heterocycles. The first-order valence-electron chi connectivity index (χ1n) is 8.39. The van der Waals surface area contributed by atoms with Gasteiger partial charge in [-0.15, -0.1) is 0 Å². The van der Waals surface area contributed by atoms with E-state index in [1.165, 1.54) is 12.1 Å². The average Bonchev–Trinajstić information content (AvgIpc) is 3.06. The summed E-state index contributed by atoms with van der Waals surface area (Å²) < 4.78 is 17.5. The highest BCUT2D eigenvalue weighted by atomic mass is 35.5. The first-order valence-corrected chi connectivity index (χ1v) is 8.77. The van der Waals surface area contributed by atoms with Crippen molar-refractivity contribution in [3.05, 3.63) is 82.1 Å². The van der Waals surface area contributed by atoms with E-state index in [1.807, 2.05) is 42.5 Å². The van der Waals surface area contributed by atoms with Crippen molar-refractivity contribution in [1.29, 1.82) is 0 Å². The highest BCUT2D eigenvalue weighted by Gasteiger charge is 2.18. The lowest BCUT2D eigenvalue weighted by molar-refractivity contribution is 0.630. The smallest absolute Gasteiger partial charge is 0.283 e. The largest absolute Gasteiger partial charge is 0.333 e. The number of imidazole rings is 1. The highest BCUT2D eigenvalue weighted by molar-refractivity contribution is 6.31.